The number of methoxy groups -OCH3 is 2. The quantitative estimate of drug-likeness (QED) is 0.252. The number of nitrogens with zero attached hydrogens (tertiary/aromatic N) is 2. The number of ether oxygens (including phenoxy) is 2. The van der Waals surface area contributed by atoms with E-state index in [2.05, 4.69) is 20.8 Å². The van der Waals surface area contributed by atoms with E-state index >= 15 is 0 Å². The van der Waals surface area contributed by atoms with Crippen LogP contribution < -0.4 is 9.47 Å². The minimum Gasteiger partial charge on any atom is -0.622 e. The van der Waals surface area contributed by atoms with Crippen molar-refractivity contribution in [2.45, 2.75) is 38.1 Å². The largest absolute Gasteiger partial charge is 0.622 e. The molecule has 1 aromatic rings. The lowest BCUT2D eigenvalue weighted by molar-refractivity contribution is -0.523. The van der Waals surface area contributed by atoms with Crippen molar-refractivity contribution < 1.29 is 14.2 Å². The molecular weight excluding hydrogens is 344 g/mol. The topological polar surface area (TPSA) is 47.8 Å². The lowest BCUT2D eigenvalue weighted by Gasteiger charge is -2.29. The minimum atomic E-state index is -0.331. The minimum absolute atomic E-state index is 0.277. The third-order valence-corrected chi connectivity index (χ3v) is 5.52. The summed E-state index contributed by atoms with van der Waals surface area (Å²) in [4.78, 5) is 2.02. The van der Waals surface area contributed by atoms with Crippen molar-refractivity contribution >= 4 is 34.5 Å². The molecule has 0 unspecified atom stereocenters. The Kier molecular flexibility index (Phi) is 5.98. The molecular formula is C17H24N2O3S2. The van der Waals surface area contributed by atoms with Gasteiger partial charge in [0.25, 0.3) is 6.17 Å². The third-order valence-electron chi connectivity index (χ3n) is 3.89. The van der Waals surface area contributed by atoms with Crippen LogP contribution in [0, 0.1) is 5.21 Å². The van der Waals surface area contributed by atoms with Crippen molar-refractivity contribution in [1.82, 2.24) is 4.90 Å². The summed E-state index contributed by atoms with van der Waals surface area (Å²) in [5, 5.41) is 12.9. The third kappa shape index (κ3) is 3.78. The van der Waals surface area contributed by atoms with E-state index in [1.165, 1.54) is 0 Å². The highest BCUT2D eigenvalue weighted by Crippen LogP contribution is 2.41. The standard InChI is InChI=1S/C17H24N2O3S2/c1-6-9-18-15(17(2,3)24-16(18)23)19(20)11-12-7-8-13(21-4)14(10-12)22-5/h7-8,10-11,15H,6,9H2,1-5H3/b19-11-/t15-/m1/s1. The van der Waals surface area contributed by atoms with Crippen LogP contribution in [0.4, 0.5) is 0 Å². The first-order valence-corrected chi connectivity index (χ1v) is 9.08. The first kappa shape index (κ1) is 18.9. The van der Waals surface area contributed by atoms with Gasteiger partial charge in [-0.2, -0.15) is 4.74 Å². The molecule has 1 fully saturated rings. The predicted octanol–water partition coefficient (Wildman–Crippen LogP) is 3.48. The van der Waals surface area contributed by atoms with Gasteiger partial charge in [0, 0.05) is 12.1 Å². The first-order chi connectivity index (χ1) is 11.3. The number of rotatable bonds is 6. The predicted molar refractivity (Wildman–Crippen MR) is 103 cm³/mol. The maximum absolute atomic E-state index is 12.9. The molecule has 0 saturated carbocycles. The molecule has 1 aliphatic rings. The Hall–Kier alpha value is -1.47. The van der Waals surface area contributed by atoms with E-state index in [1.54, 1.807) is 44.3 Å². The summed E-state index contributed by atoms with van der Waals surface area (Å²) >= 11 is 7.04. The van der Waals surface area contributed by atoms with Crippen LogP contribution in [0.15, 0.2) is 18.2 Å². The lowest BCUT2D eigenvalue weighted by atomic mass is 10.1. The van der Waals surface area contributed by atoms with Gasteiger partial charge < -0.3 is 14.7 Å². The van der Waals surface area contributed by atoms with E-state index in [4.69, 9.17) is 21.7 Å². The van der Waals surface area contributed by atoms with Crippen molar-refractivity contribution in [2.24, 2.45) is 0 Å². The van der Waals surface area contributed by atoms with Gasteiger partial charge in [-0.25, -0.2) is 0 Å². The maximum atomic E-state index is 12.9. The SMILES string of the molecule is CCCN1C(=S)SC(C)(C)[C@H]1/[N+]([O-])=C/c1ccc(OC)c(OC)c1. The normalized spacial score (nSPS) is 20.4. The molecule has 2 rings (SSSR count). The van der Waals surface area contributed by atoms with Gasteiger partial charge in [-0.1, -0.05) is 30.9 Å². The molecule has 1 atom stereocenters. The van der Waals surface area contributed by atoms with Crippen LogP contribution >= 0.6 is 24.0 Å². The van der Waals surface area contributed by atoms with Gasteiger partial charge >= 0.3 is 0 Å². The van der Waals surface area contributed by atoms with Gasteiger partial charge in [0.05, 0.1) is 14.2 Å². The van der Waals surface area contributed by atoms with E-state index in [0.717, 1.165) is 27.6 Å². The molecule has 0 spiro atoms. The fraction of sp³-hybridized carbons (Fsp3) is 0.529. The van der Waals surface area contributed by atoms with Crippen LogP contribution in [-0.4, -0.2) is 51.9 Å². The highest BCUT2D eigenvalue weighted by Gasteiger charge is 2.49. The first-order valence-electron chi connectivity index (χ1n) is 7.86. The van der Waals surface area contributed by atoms with E-state index in [1.807, 2.05) is 11.0 Å². The monoisotopic (exact) mass is 368 g/mol. The van der Waals surface area contributed by atoms with Crippen molar-refractivity contribution in [3.05, 3.63) is 29.0 Å². The summed E-state index contributed by atoms with van der Waals surface area (Å²) in [6.07, 6.45) is 2.20. The van der Waals surface area contributed by atoms with E-state index in [-0.39, 0.29) is 10.9 Å². The number of hydrogen-bond acceptors (Lipinski definition) is 5. The van der Waals surface area contributed by atoms with Gasteiger partial charge in [-0.05, 0) is 38.5 Å². The molecule has 0 radical (unpaired) electrons. The van der Waals surface area contributed by atoms with Crippen LogP contribution in [-0.2, 0) is 0 Å². The number of thiocarbonyl (C=S) groups is 1. The van der Waals surface area contributed by atoms with Crippen LogP contribution in [0.3, 0.4) is 0 Å². The highest BCUT2D eigenvalue weighted by atomic mass is 32.2. The summed E-state index contributed by atoms with van der Waals surface area (Å²) in [6, 6.07) is 5.42. The Labute approximate surface area is 153 Å². The molecule has 0 N–H and O–H groups in total. The van der Waals surface area contributed by atoms with Gasteiger partial charge in [0.2, 0.25) is 0 Å². The number of hydroxylamine groups is 1. The molecule has 0 aliphatic carbocycles. The van der Waals surface area contributed by atoms with Crippen molar-refractivity contribution in [3.63, 3.8) is 0 Å². The van der Waals surface area contributed by atoms with Crippen molar-refractivity contribution in [2.75, 3.05) is 20.8 Å². The van der Waals surface area contributed by atoms with E-state index in [0.29, 0.717) is 11.5 Å². The highest BCUT2D eigenvalue weighted by molar-refractivity contribution is 8.24. The summed E-state index contributed by atoms with van der Waals surface area (Å²) < 4.78 is 12.0. The van der Waals surface area contributed by atoms with E-state index < -0.39 is 0 Å². The van der Waals surface area contributed by atoms with Crippen LogP contribution in [0.1, 0.15) is 32.8 Å². The van der Waals surface area contributed by atoms with Gasteiger partial charge in [-0.15, -0.1) is 0 Å². The van der Waals surface area contributed by atoms with Crippen LogP contribution in [0.25, 0.3) is 0 Å². The Morgan fingerprint density at radius 1 is 1.33 bits per heavy atom. The zero-order valence-corrected chi connectivity index (χ0v) is 16.4. The molecule has 0 aromatic heterocycles. The van der Waals surface area contributed by atoms with Crippen molar-refractivity contribution in [3.8, 4) is 11.5 Å². The Morgan fingerprint density at radius 3 is 2.58 bits per heavy atom. The van der Waals surface area contributed by atoms with Crippen molar-refractivity contribution in [1.29, 1.82) is 0 Å². The molecule has 5 nitrogen and oxygen atoms in total. The molecule has 132 valence electrons. The molecule has 1 aromatic carbocycles. The van der Waals surface area contributed by atoms with Crippen LogP contribution in [0.2, 0.25) is 0 Å². The Bertz CT molecular complexity index is 647. The molecule has 1 aliphatic heterocycles. The molecule has 24 heavy (non-hydrogen) atoms. The smallest absolute Gasteiger partial charge is 0.254 e. The fourth-order valence-corrected chi connectivity index (χ4v) is 4.79. The molecule has 0 bridgehead atoms. The van der Waals surface area contributed by atoms with Gasteiger partial charge in [0.1, 0.15) is 9.07 Å². The Balaban J connectivity index is 2.36. The summed E-state index contributed by atoms with van der Waals surface area (Å²) in [7, 11) is 3.16. The average Bonchev–Trinajstić information content (AvgIpc) is 2.76. The number of hydrogen-bond donors (Lipinski definition) is 0. The second-order valence-electron chi connectivity index (χ2n) is 6.14. The average molecular weight is 369 g/mol. The second-order valence-corrected chi connectivity index (χ2v) is 8.43. The molecule has 1 heterocycles. The van der Waals surface area contributed by atoms with E-state index in [9.17, 15) is 5.21 Å². The zero-order valence-electron chi connectivity index (χ0n) is 14.7. The molecule has 0 amide bonds. The number of thioether (sulfide) groups is 1. The summed E-state index contributed by atoms with van der Waals surface area (Å²) in [6.45, 7) is 6.97. The summed E-state index contributed by atoms with van der Waals surface area (Å²) in [5.41, 5.74) is 0.762. The summed E-state index contributed by atoms with van der Waals surface area (Å²) in [5.74, 6) is 1.23. The zero-order chi connectivity index (χ0) is 17.9. The Morgan fingerprint density at radius 2 is 2.00 bits per heavy atom. The lowest BCUT2D eigenvalue weighted by Crippen LogP contribution is -2.48. The fourth-order valence-electron chi connectivity index (χ4n) is 2.86. The number of benzene rings is 1. The molecule has 7 heteroatoms. The van der Waals surface area contributed by atoms with Gasteiger partial charge in [0.15, 0.2) is 17.7 Å². The maximum Gasteiger partial charge on any atom is 0.254 e. The molecule has 1 saturated heterocycles. The second kappa shape index (κ2) is 7.61. The van der Waals surface area contributed by atoms with Crippen LogP contribution in [0.5, 0.6) is 11.5 Å². The van der Waals surface area contributed by atoms with Gasteiger partial charge in [-0.3, -0.25) is 4.90 Å².